The lowest BCUT2D eigenvalue weighted by atomic mass is 9.92. The first-order chi connectivity index (χ1) is 11.8. The normalized spacial score (nSPS) is 11.9. The lowest BCUT2D eigenvalue weighted by Gasteiger charge is -2.18. The molecule has 0 aliphatic rings. The average Bonchev–Trinajstić information content (AvgIpc) is 2.53. The summed E-state index contributed by atoms with van der Waals surface area (Å²) in [5.41, 5.74) is 1.18. The van der Waals surface area contributed by atoms with Crippen molar-refractivity contribution in [3.8, 4) is 11.1 Å². The summed E-state index contributed by atoms with van der Waals surface area (Å²) in [5, 5.41) is 11.1. The van der Waals surface area contributed by atoms with Crippen LogP contribution in [0.5, 0.6) is 0 Å². The Morgan fingerprint density at radius 2 is 1.88 bits per heavy atom. The van der Waals surface area contributed by atoms with Crippen LogP contribution in [0, 0.1) is 31.3 Å². The molecule has 1 amide bonds. The summed E-state index contributed by atoms with van der Waals surface area (Å²) in [6.07, 6.45) is -0.407. The monoisotopic (exact) mass is 351 g/mol. The number of nitrogens with one attached hydrogen (secondary N) is 1. The second-order valence-electron chi connectivity index (χ2n) is 5.66. The largest absolute Gasteiger partial charge is 0.481 e. The maximum absolute atomic E-state index is 14.2. The molecule has 0 aromatic heterocycles. The third-order valence-corrected chi connectivity index (χ3v) is 3.98. The number of halogens is 3. The van der Waals surface area contributed by atoms with E-state index in [-0.39, 0.29) is 23.1 Å². The molecule has 2 N–H and O–H groups in total. The van der Waals surface area contributed by atoms with Gasteiger partial charge in [0.05, 0.1) is 12.5 Å². The van der Waals surface area contributed by atoms with E-state index in [1.165, 1.54) is 25.1 Å². The molecule has 0 fully saturated rings. The maximum atomic E-state index is 14.2. The lowest BCUT2D eigenvalue weighted by Crippen LogP contribution is -2.24. The van der Waals surface area contributed by atoms with Crippen LogP contribution >= 0.6 is 0 Å². The van der Waals surface area contributed by atoms with Gasteiger partial charge in [0.25, 0.3) is 0 Å². The number of hydrogen-bond acceptors (Lipinski definition) is 2. The highest BCUT2D eigenvalue weighted by Crippen LogP contribution is 2.33. The zero-order valence-corrected chi connectivity index (χ0v) is 13.6. The number of benzene rings is 2. The number of carbonyl (C=O) groups excluding carboxylic acids is 1. The van der Waals surface area contributed by atoms with Gasteiger partial charge in [0.15, 0.2) is 11.6 Å². The van der Waals surface area contributed by atoms with Gasteiger partial charge in [0, 0.05) is 5.56 Å². The van der Waals surface area contributed by atoms with Gasteiger partial charge in [0.2, 0.25) is 6.41 Å². The molecular formula is C18H16F3NO3. The second kappa shape index (κ2) is 7.38. The van der Waals surface area contributed by atoms with Gasteiger partial charge in [-0.05, 0) is 54.3 Å². The van der Waals surface area contributed by atoms with E-state index in [4.69, 9.17) is 5.11 Å². The third-order valence-electron chi connectivity index (χ3n) is 3.98. The Bertz CT molecular complexity index is 837. The van der Waals surface area contributed by atoms with Crippen LogP contribution in [0.15, 0.2) is 24.3 Å². The van der Waals surface area contributed by atoms with Crippen LogP contribution < -0.4 is 5.32 Å². The van der Waals surface area contributed by atoms with Crippen molar-refractivity contribution >= 4 is 12.4 Å². The average molecular weight is 351 g/mol. The first-order valence-electron chi connectivity index (χ1n) is 7.42. The molecule has 2 aromatic carbocycles. The van der Waals surface area contributed by atoms with Crippen LogP contribution in [0.2, 0.25) is 0 Å². The SMILES string of the molecule is Cc1ccc(F)c(C)c1-c1cc(F)c(F)c(C(CC(=O)O)NC=O)c1. The number of amides is 1. The quantitative estimate of drug-likeness (QED) is 0.781. The number of rotatable bonds is 6. The van der Waals surface area contributed by atoms with E-state index in [0.29, 0.717) is 11.1 Å². The summed E-state index contributed by atoms with van der Waals surface area (Å²) in [4.78, 5) is 21.6. The predicted molar refractivity (Wildman–Crippen MR) is 85.4 cm³/mol. The van der Waals surface area contributed by atoms with Crippen molar-refractivity contribution in [1.29, 1.82) is 0 Å². The molecule has 7 heteroatoms. The van der Waals surface area contributed by atoms with Crippen molar-refractivity contribution in [1.82, 2.24) is 5.32 Å². The molecule has 0 aliphatic carbocycles. The minimum Gasteiger partial charge on any atom is -0.481 e. The zero-order chi connectivity index (χ0) is 18.7. The third kappa shape index (κ3) is 3.81. The predicted octanol–water partition coefficient (Wildman–Crippen LogP) is 3.65. The Morgan fingerprint density at radius 3 is 2.48 bits per heavy atom. The summed E-state index contributed by atoms with van der Waals surface area (Å²) in [6.45, 7) is 3.21. The van der Waals surface area contributed by atoms with Crippen LogP contribution in [-0.2, 0) is 9.59 Å². The molecule has 2 rings (SSSR count). The summed E-state index contributed by atoms with van der Waals surface area (Å²) < 4.78 is 42.2. The smallest absolute Gasteiger partial charge is 0.305 e. The van der Waals surface area contributed by atoms with E-state index in [1.807, 2.05) is 0 Å². The fourth-order valence-corrected chi connectivity index (χ4v) is 2.79. The number of carbonyl (C=O) groups is 2. The molecule has 25 heavy (non-hydrogen) atoms. The number of carboxylic acids is 1. The van der Waals surface area contributed by atoms with Crippen LogP contribution in [-0.4, -0.2) is 17.5 Å². The van der Waals surface area contributed by atoms with Crippen LogP contribution in [0.1, 0.15) is 29.2 Å². The molecule has 1 atom stereocenters. The Hall–Kier alpha value is -2.83. The molecule has 0 bridgehead atoms. The maximum Gasteiger partial charge on any atom is 0.305 e. The standard InChI is InChI=1S/C18H16F3NO3/c1-9-3-4-13(19)10(2)17(9)11-5-12(18(21)14(20)6-11)15(22-8-23)7-16(24)25/h3-6,8,15H,7H2,1-2H3,(H,22,23)(H,24,25). The molecule has 2 aromatic rings. The molecule has 132 valence electrons. The molecule has 1 unspecified atom stereocenters. The van der Waals surface area contributed by atoms with Gasteiger partial charge in [-0.25, -0.2) is 13.2 Å². The van der Waals surface area contributed by atoms with Gasteiger partial charge >= 0.3 is 5.97 Å². The van der Waals surface area contributed by atoms with E-state index in [0.717, 1.165) is 6.07 Å². The van der Waals surface area contributed by atoms with Crippen molar-refractivity contribution in [3.05, 3.63) is 58.4 Å². The van der Waals surface area contributed by atoms with Crippen LogP contribution in [0.4, 0.5) is 13.2 Å². The molecule has 0 saturated carbocycles. The highest BCUT2D eigenvalue weighted by molar-refractivity contribution is 5.73. The molecule has 0 aliphatic heterocycles. The number of hydrogen-bond donors (Lipinski definition) is 2. The first-order valence-corrected chi connectivity index (χ1v) is 7.42. The van der Waals surface area contributed by atoms with Gasteiger partial charge < -0.3 is 10.4 Å². The van der Waals surface area contributed by atoms with Gasteiger partial charge in [-0.2, -0.15) is 0 Å². The minimum atomic E-state index is -1.29. The summed E-state index contributed by atoms with van der Waals surface area (Å²) in [5.74, 6) is -4.25. The topological polar surface area (TPSA) is 66.4 Å². The fourth-order valence-electron chi connectivity index (χ4n) is 2.79. The van der Waals surface area contributed by atoms with E-state index >= 15 is 0 Å². The number of carboxylic acid groups (broad SMARTS) is 1. The summed E-state index contributed by atoms with van der Waals surface area (Å²) >= 11 is 0. The Kier molecular flexibility index (Phi) is 5.46. The van der Waals surface area contributed by atoms with Crippen molar-refractivity contribution in [2.24, 2.45) is 0 Å². The molecule has 4 nitrogen and oxygen atoms in total. The van der Waals surface area contributed by atoms with E-state index in [2.05, 4.69) is 5.32 Å². The first kappa shape index (κ1) is 18.5. The summed E-state index contributed by atoms with van der Waals surface area (Å²) in [6, 6.07) is 3.69. The van der Waals surface area contributed by atoms with Gasteiger partial charge in [0.1, 0.15) is 5.82 Å². The fraction of sp³-hybridized carbons (Fsp3) is 0.222. The van der Waals surface area contributed by atoms with Gasteiger partial charge in [-0.1, -0.05) is 6.07 Å². The number of aliphatic carboxylic acids is 1. The van der Waals surface area contributed by atoms with Crippen molar-refractivity contribution in [2.45, 2.75) is 26.3 Å². The highest BCUT2D eigenvalue weighted by Gasteiger charge is 2.23. The second-order valence-corrected chi connectivity index (χ2v) is 5.66. The summed E-state index contributed by atoms with van der Waals surface area (Å²) in [7, 11) is 0. The van der Waals surface area contributed by atoms with E-state index in [1.54, 1.807) is 6.92 Å². The highest BCUT2D eigenvalue weighted by atomic mass is 19.2. The van der Waals surface area contributed by atoms with Gasteiger partial charge in [-0.15, -0.1) is 0 Å². The minimum absolute atomic E-state index is 0.200. The Balaban J connectivity index is 2.68. The molecule has 0 saturated heterocycles. The van der Waals surface area contributed by atoms with Crippen LogP contribution in [0.3, 0.4) is 0 Å². The Labute approximate surface area is 142 Å². The Morgan fingerprint density at radius 1 is 1.20 bits per heavy atom. The molecule has 0 heterocycles. The molecule has 0 radical (unpaired) electrons. The van der Waals surface area contributed by atoms with Gasteiger partial charge in [-0.3, -0.25) is 9.59 Å². The van der Waals surface area contributed by atoms with E-state index in [9.17, 15) is 22.8 Å². The van der Waals surface area contributed by atoms with E-state index < -0.39 is 35.9 Å². The van der Waals surface area contributed by atoms with Crippen molar-refractivity contribution in [2.75, 3.05) is 0 Å². The van der Waals surface area contributed by atoms with Crippen LogP contribution in [0.25, 0.3) is 11.1 Å². The number of aryl methyl sites for hydroxylation is 1. The zero-order valence-electron chi connectivity index (χ0n) is 13.6. The van der Waals surface area contributed by atoms with Crippen molar-refractivity contribution in [3.63, 3.8) is 0 Å². The van der Waals surface area contributed by atoms with Crippen molar-refractivity contribution < 1.29 is 27.9 Å². The lowest BCUT2D eigenvalue weighted by molar-refractivity contribution is -0.137. The molecular weight excluding hydrogens is 335 g/mol. The molecule has 0 spiro atoms.